The van der Waals surface area contributed by atoms with E-state index in [1.165, 1.54) is 37.9 Å². The zero-order valence-corrected chi connectivity index (χ0v) is 18.5. The molecule has 0 atom stereocenters. The van der Waals surface area contributed by atoms with Gasteiger partial charge in [-0.25, -0.2) is 4.98 Å². The summed E-state index contributed by atoms with van der Waals surface area (Å²) in [6, 6.07) is 8.49. The number of ether oxygens (including phenoxy) is 1. The summed E-state index contributed by atoms with van der Waals surface area (Å²) in [7, 11) is 0. The van der Waals surface area contributed by atoms with Gasteiger partial charge in [0.05, 0.1) is 24.2 Å². The van der Waals surface area contributed by atoms with Crippen molar-refractivity contribution >= 4 is 22.9 Å². The van der Waals surface area contributed by atoms with Gasteiger partial charge in [0.2, 0.25) is 11.9 Å². The lowest BCUT2D eigenvalue weighted by molar-refractivity contribution is -0.140. The molecule has 168 valence electrons. The molecule has 1 aromatic heterocycles. The number of hydrogen-bond donors (Lipinski definition) is 0. The molecule has 3 aliphatic heterocycles. The van der Waals surface area contributed by atoms with Gasteiger partial charge >= 0.3 is 0 Å². The highest BCUT2D eigenvalue weighted by atomic mass is 16.5. The second kappa shape index (κ2) is 9.57. The number of rotatable bonds is 5. The highest BCUT2D eigenvalue weighted by molar-refractivity contribution is 5.80. The summed E-state index contributed by atoms with van der Waals surface area (Å²) >= 11 is 0. The van der Waals surface area contributed by atoms with Crippen LogP contribution < -0.4 is 4.90 Å². The van der Waals surface area contributed by atoms with Gasteiger partial charge < -0.3 is 24.0 Å². The summed E-state index contributed by atoms with van der Waals surface area (Å²) in [5.74, 6) is 1.54. The second-order valence-electron chi connectivity index (χ2n) is 9.15. The minimum Gasteiger partial charge on any atom is -0.378 e. The molecule has 0 aliphatic carbocycles. The Hall–Kier alpha value is -2.12. The Balaban J connectivity index is 1.28. The zero-order chi connectivity index (χ0) is 21.0. The molecule has 4 heterocycles. The van der Waals surface area contributed by atoms with Crippen LogP contribution in [0.1, 0.15) is 32.1 Å². The number of aromatic nitrogens is 2. The summed E-state index contributed by atoms with van der Waals surface area (Å²) in [4.78, 5) is 24.9. The van der Waals surface area contributed by atoms with E-state index in [1.54, 1.807) is 0 Å². The van der Waals surface area contributed by atoms with E-state index in [9.17, 15) is 4.79 Å². The Morgan fingerprint density at radius 3 is 2.45 bits per heavy atom. The minimum absolute atomic E-state index is 0.139. The highest BCUT2D eigenvalue weighted by Crippen LogP contribution is 2.28. The number of nitrogens with zero attached hydrogens (tertiary/aromatic N) is 5. The van der Waals surface area contributed by atoms with Crippen molar-refractivity contribution in [2.45, 2.75) is 38.6 Å². The third kappa shape index (κ3) is 4.58. The van der Waals surface area contributed by atoms with Crippen LogP contribution in [0.2, 0.25) is 0 Å². The maximum Gasteiger partial charge on any atom is 0.225 e. The van der Waals surface area contributed by atoms with Crippen molar-refractivity contribution in [1.29, 1.82) is 0 Å². The summed E-state index contributed by atoms with van der Waals surface area (Å²) < 4.78 is 7.81. The SMILES string of the molecule is O=C(C1CCN(c2nc3ccccc3n2CCN2CCCCC2)CC1)N1CCOCC1. The van der Waals surface area contributed by atoms with Crippen molar-refractivity contribution in [3.63, 3.8) is 0 Å². The van der Waals surface area contributed by atoms with E-state index in [4.69, 9.17) is 9.72 Å². The lowest BCUT2D eigenvalue weighted by Crippen LogP contribution is -2.47. The molecular weight excluding hydrogens is 390 g/mol. The molecule has 31 heavy (non-hydrogen) atoms. The number of amides is 1. The molecule has 0 bridgehead atoms. The highest BCUT2D eigenvalue weighted by Gasteiger charge is 2.31. The van der Waals surface area contributed by atoms with Gasteiger partial charge in [-0.3, -0.25) is 4.79 Å². The number of likely N-dealkylation sites (tertiary alicyclic amines) is 1. The number of piperidine rings is 2. The number of carbonyl (C=O) groups is 1. The Bertz CT molecular complexity index is 877. The molecule has 0 radical (unpaired) electrons. The molecule has 0 saturated carbocycles. The Morgan fingerprint density at radius 2 is 1.68 bits per heavy atom. The second-order valence-corrected chi connectivity index (χ2v) is 9.15. The average molecular weight is 426 g/mol. The molecule has 0 unspecified atom stereocenters. The minimum atomic E-state index is 0.139. The van der Waals surface area contributed by atoms with E-state index in [0.29, 0.717) is 19.1 Å². The molecule has 7 heteroatoms. The average Bonchev–Trinajstić information content (AvgIpc) is 3.22. The van der Waals surface area contributed by atoms with Crippen LogP contribution in [0.15, 0.2) is 24.3 Å². The largest absolute Gasteiger partial charge is 0.378 e. The summed E-state index contributed by atoms with van der Waals surface area (Å²) in [5.41, 5.74) is 2.30. The van der Waals surface area contributed by atoms with Crippen molar-refractivity contribution in [1.82, 2.24) is 19.4 Å². The van der Waals surface area contributed by atoms with Crippen LogP contribution in [0.25, 0.3) is 11.0 Å². The molecule has 7 nitrogen and oxygen atoms in total. The number of morpholine rings is 1. The number of imidazole rings is 1. The molecular formula is C24H35N5O2. The van der Waals surface area contributed by atoms with Gasteiger partial charge in [0.25, 0.3) is 0 Å². The van der Waals surface area contributed by atoms with E-state index >= 15 is 0 Å². The smallest absolute Gasteiger partial charge is 0.225 e. The summed E-state index contributed by atoms with van der Waals surface area (Å²) in [5, 5.41) is 0. The topological polar surface area (TPSA) is 53.8 Å². The van der Waals surface area contributed by atoms with Gasteiger partial charge in [0.1, 0.15) is 0 Å². The molecule has 3 aliphatic rings. The Labute approximate surface area is 184 Å². The molecule has 3 fully saturated rings. The molecule has 3 saturated heterocycles. The fraction of sp³-hybridized carbons (Fsp3) is 0.667. The van der Waals surface area contributed by atoms with Crippen molar-refractivity contribution in [3.8, 4) is 0 Å². The standard InChI is InChI=1S/C24H35N5O2/c30-23(27-16-18-31-19-17-27)20-8-12-28(13-9-20)24-25-21-6-2-3-7-22(21)29(24)15-14-26-10-4-1-5-11-26/h2-3,6-7,20H,1,4-5,8-19H2. The zero-order valence-electron chi connectivity index (χ0n) is 18.5. The number of benzene rings is 1. The van der Waals surface area contributed by atoms with Crippen LogP contribution in [-0.4, -0.2) is 84.3 Å². The van der Waals surface area contributed by atoms with Crippen LogP contribution in [0.5, 0.6) is 0 Å². The first-order valence-electron chi connectivity index (χ1n) is 12.1. The third-order valence-corrected chi connectivity index (χ3v) is 7.17. The number of fused-ring (bicyclic) bond motifs is 1. The van der Waals surface area contributed by atoms with Gasteiger partial charge in [0, 0.05) is 45.2 Å². The normalized spacial score (nSPS) is 21.7. The molecule has 5 rings (SSSR count). The predicted molar refractivity (Wildman–Crippen MR) is 122 cm³/mol. The van der Waals surface area contributed by atoms with Crippen molar-refractivity contribution < 1.29 is 9.53 Å². The van der Waals surface area contributed by atoms with Crippen LogP contribution in [-0.2, 0) is 16.1 Å². The molecule has 0 N–H and O–H groups in total. The first kappa shape index (κ1) is 20.8. The van der Waals surface area contributed by atoms with E-state index in [2.05, 4.69) is 38.6 Å². The Morgan fingerprint density at radius 1 is 0.935 bits per heavy atom. The van der Waals surface area contributed by atoms with Gasteiger partial charge in [-0.05, 0) is 50.9 Å². The van der Waals surface area contributed by atoms with Crippen LogP contribution in [0.3, 0.4) is 0 Å². The molecule has 0 spiro atoms. The van der Waals surface area contributed by atoms with E-state index in [0.717, 1.165) is 63.6 Å². The number of hydrogen-bond acceptors (Lipinski definition) is 5. The van der Waals surface area contributed by atoms with E-state index in [-0.39, 0.29) is 5.92 Å². The quantitative estimate of drug-likeness (QED) is 0.737. The maximum atomic E-state index is 12.9. The number of carbonyl (C=O) groups excluding carboxylic acids is 1. The van der Waals surface area contributed by atoms with Crippen molar-refractivity contribution in [2.24, 2.45) is 5.92 Å². The lowest BCUT2D eigenvalue weighted by atomic mass is 9.95. The summed E-state index contributed by atoms with van der Waals surface area (Å²) in [6.45, 7) is 9.12. The van der Waals surface area contributed by atoms with Gasteiger partial charge in [-0.15, -0.1) is 0 Å². The van der Waals surface area contributed by atoms with E-state index < -0.39 is 0 Å². The van der Waals surface area contributed by atoms with Crippen molar-refractivity contribution in [3.05, 3.63) is 24.3 Å². The third-order valence-electron chi connectivity index (χ3n) is 7.17. The predicted octanol–water partition coefficient (Wildman–Crippen LogP) is 2.60. The molecule has 1 aromatic carbocycles. The maximum absolute atomic E-state index is 12.9. The van der Waals surface area contributed by atoms with E-state index in [1.807, 2.05) is 4.90 Å². The van der Waals surface area contributed by atoms with Crippen LogP contribution >= 0.6 is 0 Å². The fourth-order valence-electron chi connectivity index (χ4n) is 5.32. The monoisotopic (exact) mass is 425 g/mol. The number of anilines is 1. The first-order valence-corrected chi connectivity index (χ1v) is 12.1. The van der Waals surface area contributed by atoms with Gasteiger partial charge in [-0.1, -0.05) is 18.6 Å². The fourth-order valence-corrected chi connectivity index (χ4v) is 5.32. The van der Waals surface area contributed by atoms with Gasteiger partial charge in [-0.2, -0.15) is 0 Å². The summed E-state index contributed by atoms with van der Waals surface area (Å²) in [6.07, 6.45) is 5.83. The number of para-hydroxylation sites is 2. The Kier molecular flexibility index (Phi) is 6.41. The van der Waals surface area contributed by atoms with Crippen LogP contribution in [0, 0.1) is 5.92 Å². The molecule has 2 aromatic rings. The first-order chi connectivity index (χ1) is 15.3. The molecule has 1 amide bonds. The van der Waals surface area contributed by atoms with Crippen LogP contribution in [0.4, 0.5) is 5.95 Å². The lowest BCUT2D eigenvalue weighted by Gasteiger charge is -2.36. The van der Waals surface area contributed by atoms with Gasteiger partial charge in [0.15, 0.2) is 0 Å². The van der Waals surface area contributed by atoms with Crippen molar-refractivity contribution in [2.75, 3.05) is 63.9 Å².